The van der Waals surface area contributed by atoms with Crippen LogP contribution in [0.2, 0.25) is 0 Å². The molecule has 8 heteroatoms. The van der Waals surface area contributed by atoms with Gasteiger partial charge in [-0.1, -0.05) is 42.4 Å². The molecule has 0 aliphatic rings. The molecular weight excluding hydrogens is 364 g/mol. The Hall–Kier alpha value is -2.35. The van der Waals surface area contributed by atoms with Crippen LogP contribution in [-0.2, 0) is 13.0 Å². The third-order valence-electron chi connectivity index (χ3n) is 4.01. The molecule has 0 aliphatic carbocycles. The zero-order valence-electron chi connectivity index (χ0n) is 16.1. The van der Waals surface area contributed by atoms with Gasteiger partial charge >= 0.3 is 0 Å². The van der Waals surface area contributed by atoms with Crippen molar-refractivity contribution in [3.05, 3.63) is 46.9 Å². The molecule has 1 atom stereocenters. The van der Waals surface area contributed by atoms with E-state index in [0.29, 0.717) is 17.0 Å². The van der Waals surface area contributed by atoms with Crippen molar-refractivity contribution >= 4 is 11.8 Å². The summed E-state index contributed by atoms with van der Waals surface area (Å²) >= 11 is 1.39. The van der Waals surface area contributed by atoms with Crippen molar-refractivity contribution < 1.29 is 13.7 Å². The molecule has 3 aromatic rings. The van der Waals surface area contributed by atoms with Gasteiger partial charge in [0.15, 0.2) is 12.4 Å². The van der Waals surface area contributed by atoms with Crippen LogP contribution in [0.1, 0.15) is 60.7 Å². The number of hydrogen-bond donors (Lipinski definition) is 0. The van der Waals surface area contributed by atoms with Crippen LogP contribution in [0.3, 0.4) is 0 Å². The maximum atomic E-state index is 5.80. The standard InChI is InChI=1S/C19H24N4O3S/c1-5-6-7-16-20-18(26-23-16)14(4)27-19-22-21-17(25-19)11-24-15-10-12(2)8-9-13(15)3/h8-10,14H,5-7,11H2,1-4H3. The number of hydrogen-bond acceptors (Lipinski definition) is 8. The van der Waals surface area contributed by atoms with E-state index in [2.05, 4.69) is 33.3 Å². The molecule has 2 heterocycles. The summed E-state index contributed by atoms with van der Waals surface area (Å²) in [5, 5.41) is 12.5. The minimum absolute atomic E-state index is 0.0684. The Kier molecular flexibility index (Phi) is 6.49. The van der Waals surface area contributed by atoms with E-state index in [-0.39, 0.29) is 11.9 Å². The maximum Gasteiger partial charge on any atom is 0.277 e. The van der Waals surface area contributed by atoms with Gasteiger partial charge in [0.05, 0.1) is 5.25 Å². The van der Waals surface area contributed by atoms with Crippen molar-refractivity contribution in [3.8, 4) is 5.75 Å². The van der Waals surface area contributed by atoms with Gasteiger partial charge in [0.25, 0.3) is 11.1 Å². The first-order chi connectivity index (χ1) is 13.0. The summed E-state index contributed by atoms with van der Waals surface area (Å²) in [4.78, 5) is 4.43. The van der Waals surface area contributed by atoms with Crippen molar-refractivity contribution in [2.45, 2.75) is 64.0 Å². The van der Waals surface area contributed by atoms with Gasteiger partial charge in [0, 0.05) is 6.42 Å². The number of aromatic nitrogens is 4. The Morgan fingerprint density at radius 1 is 1.22 bits per heavy atom. The highest BCUT2D eigenvalue weighted by Crippen LogP contribution is 2.33. The summed E-state index contributed by atoms with van der Waals surface area (Å²) in [7, 11) is 0. The zero-order valence-corrected chi connectivity index (χ0v) is 16.9. The van der Waals surface area contributed by atoms with E-state index < -0.39 is 0 Å². The summed E-state index contributed by atoms with van der Waals surface area (Å²) in [6.07, 6.45) is 2.98. The van der Waals surface area contributed by atoms with Crippen LogP contribution in [0, 0.1) is 13.8 Å². The highest BCUT2D eigenvalue weighted by atomic mass is 32.2. The number of rotatable bonds is 9. The molecule has 7 nitrogen and oxygen atoms in total. The van der Waals surface area contributed by atoms with E-state index in [0.717, 1.165) is 42.0 Å². The van der Waals surface area contributed by atoms with E-state index in [1.165, 1.54) is 11.8 Å². The van der Waals surface area contributed by atoms with Crippen LogP contribution >= 0.6 is 11.8 Å². The van der Waals surface area contributed by atoms with Crippen molar-refractivity contribution in [1.82, 2.24) is 20.3 Å². The van der Waals surface area contributed by atoms with E-state index >= 15 is 0 Å². The van der Waals surface area contributed by atoms with Crippen LogP contribution in [-0.4, -0.2) is 20.3 Å². The monoisotopic (exact) mass is 388 g/mol. The quantitative estimate of drug-likeness (QED) is 0.481. The summed E-state index contributed by atoms with van der Waals surface area (Å²) < 4.78 is 16.8. The largest absolute Gasteiger partial charge is 0.484 e. The fourth-order valence-corrected chi connectivity index (χ4v) is 3.15. The Balaban J connectivity index is 1.55. The second kappa shape index (κ2) is 9.03. The molecule has 144 valence electrons. The lowest BCUT2D eigenvalue weighted by Gasteiger charge is -2.07. The molecule has 0 bridgehead atoms. The van der Waals surface area contributed by atoms with Gasteiger partial charge in [-0.3, -0.25) is 0 Å². The molecule has 0 aliphatic heterocycles. The number of ether oxygens (including phenoxy) is 1. The molecular formula is C19H24N4O3S. The summed E-state index contributed by atoms with van der Waals surface area (Å²) in [5.74, 6) is 2.56. The van der Waals surface area contributed by atoms with Crippen molar-refractivity contribution in [2.75, 3.05) is 0 Å². The molecule has 1 aromatic carbocycles. The Morgan fingerprint density at radius 3 is 2.89 bits per heavy atom. The van der Waals surface area contributed by atoms with Crippen molar-refractivity contribution in [2.24, 2.45) is 0 Å². The highest BCUT2D eigenvalue weighted by molar-refractivity contribution is 7.99. The van der Waals surface area contributed by atoms with Gasteiger partial charge in [-0.2, -0.15) is 4.98 Å². The molecule has 0 saturated carbocycles. The minimum Gasteiger partial charge on any atom is -0.484 e. The first kappa shape index (κ1) is 19.4. The number of nitrogens with zero attached hydrogens (tertiary/aromatic N) is 4. The van der Waals surface area contributed by atoms with Gasteiger partial charge in [0.2, 0.25) is 5.89 Å². The summed E-state index contributed by atoms with van der Waals surface area (Å²) in [6, 6.07) is 6.08. The third kappa shape index (κ3) is 5.32. The van der Waals surface area contributed by atoms with Gasteiger partial charge in [-0.15, -0.1) is 10.2 Å². The molecule has 2 aromatic heterocycles. The van der Waals surface area contributed by atoms with Crippen LogP contribution in [0.15, 0.2) is 32.4 Å². The van der Waals surface area contributed by atoms with E-state index in [1.807, 2.05) is 32.9 Å². The minimum atomic E-state index is -0.0684. The lowest BCUT2D eigenvalue weighted by Crippen LogP contribution is -1.97. The zero-order chi connectivity index (χ0) is 19.2. The summed E-state index contributed by atoms with van der Waals surface area (Å²) in [6.45, 7) is 8.37. The van der Waals surface area contributed by atoms with E-state index in [1.54, 1.807) is 0 Å². The first-order valence-corrected chi connectivity index (χ1v) is 9.94. The SMILES string of the molecule is CCCCc1noc(C(C)Sc2nnc(COc3cc(C)ccc3C)o2)n1. The van der Waals surface area contributed by atoms with Crippen LogP contribution in [0.5, 0.6) is 5.75 Å². The second-order valence-electron chi connectivity index (χ2n) is 6.43. The third-order valence-corrected chi connectivity index (χ3v) is 4.93. The van der Waals surface area contributed by atoms with E-state index in [4.69, 9.17) is 13.7 Å². The average molecular weight is 388 g/mol. The fraction of sp³-hybridized carbons (Fsp3) is 0.474. The smallest absolute Gasteiger partial charge is 0.277 e. The number of aryl methyl sites for hydroxylation is 3. The van der Waals surface area contributed by atoms with Crippen LogP contribution < -0.4 is 4.74 Å². The van der Waals surface area contributed by atoms with Crippen molar-refractivity contribution in [3.63, 3.8) is 0 Å². The van der Waals surface area contributed by atoms with Gasteiger partial charge in [0.1, 0.15) is 5.75 Å². The molecule has 0 fully saturated rings. The molecule has 0 spiro atoms. The number of thioether (sulfide) groups is 1. The van der Waals surface area contributed by atoms with Crippen LogP contribution in [0.4, 0.5) is 0 Å². The molecule has 0 amide bonds. The lowest BCUT2D eigenvalue weighted by molar-refractivity contribution is 0.250. The maximum absolute atomic E-state index is 5.80. The predicted molar refractivity (Wildman–Crippen MR) is 102 cm³/mol. The highest BCUT2D eigenvalue weighted by Gasteiger charge is 2.19. The van der Waals surface area contributed by atoms with Gasteiger partial charge in [-0.25, -0.2) is 0 Å². The molecule has 1 unspecified atom stereocenters. The van der Waals surface area contributed by atoms with Crippen LogP contribution in [0.25, 0.3) is 0 Å². The number of unbranched alkanes of at least 4 members (excludes halogenated alkanes) is 1. The topological polar surface area (TPSA) is 87.1 Å². The number of benzene rings is 1. The van der Waals surface area contributed by atoms with Crippen molar-refractivity contribution in [1.29, 1.82) is 0 Å². The molecule has 0 N–H and O–H groups in total. The molecule has 27 heavy (non-hydrogen) atoms. The second-order valence-corrected chi connectivity index (χ2v) is 7.72. The summed E-state index contributed by atoms with van der Waals surface area (Å²) in [5.41, 5.74) is 2.21. The Morgan fingerprint density at radius 2 is 2.07 bits per heavy atom. The molecule has 3 rings (SSSR count). The van der Waals surface area contributed by atoms with E-state index in [9.17, 15) is 0 Å². The van der Waals surface area contributed by atoms with Gasteiger partial charge < -0.3 is 13.7 Å². The Labute approximate surface area is 162 Å². The lowest BCUT2D eigenvalue weighted by atomic mass is 10.1. The predicted octanol–water partition coefficient (Wildman–Crippen LogP) is 4.84. The average Bonchev–Trinajstić information content (AvgIpc) is 3.30. The normalized spacial score (nSPS) is 12.3. The fourth-order valence-electron chi connectivity index (χ4n) is 2.42. The first-order valence-electron chi connectivity index (χ1n) is 9.06. The molecule has 0 saturated heterocycles. The molecule has 0 radical (unpaired) electrons. The van der Waals surface area contributed by atoms with Gasteiger partial charge in [-0.05, 0) is 44.4 Å². The Bertz CT molecular complexity index is 877.